The summed E-state index contributed by atoms with van der Waals surface area (Å²) in [6.45, 7) is -0.598. The standard InChI is InChI=1S/C14H10F2N4O3/c15-14(16)13(22)20(9-3-1-2-4-10(9)23-14)7-12(21)19-11-5-6-17-8-18-11/h1-6,8H,7H2,(H,17,18,19,21). The summed E-state index contributed by atoms with van der Waals surface area (Å²) < 4.78 is 31.7. The summed E-state index contributed by atoms with van der Waals surface area (Å²) >= 11 is 0. The van der Waals surface area contributed by atoms with Gasteiger partial charge < -0.3 is 10.1 Å². The van der Waals surface area contributed by atoms with Gasteiger partial charge in [0.05, 0.1) is 5.69 Å². The first-order chi connectivity index (χ1) is 11.0. The van der Waals surface area contributed by atoms with Gasteiger partial charge in [-0.2, -0.15) is 8.78 Å². The van der Waals surface area contributed by atoms with Crippen LogP contribution in [0, 0.1) is 0 Å². The highest BCUT2D eigenvalue weighted by Gasteiger charge is 2.50. The molecule has 0 bridgehead atoms. The molecule has 0 fully saturated rings. The second kappa shape index (κ2) is 5.59. The minimum absolute atomic E-state index is 0.0984. The monoisotopic (exact) mass is 320 g/mol. The number of benzene rings is 1. The molecule has 2 aromatic rings. The van der Waals surface area contributed by atoms with Crippen LogP contribution in [-0.2, 0) is 9.59 Å². The lowest BCUT2D eigenvalue weighted by Crippen LogP contribution is -2.52. The number of anilines is 2. The molecule has 2 amide bonds. The molecule has 1 aliphatic rings. The Bertz CT molecular complexity index is 755. The fraction of sp³-hybridized carbons (Fsp3) is 0.143. The number of nitrogens with zero attached hydrogens (tertiary/aromatic N) is 3. The lowest BCUT2D eigenvalue weighted by atomic mass is 10.2. The number of hydrogen-bond donors (Lipinski definition) is 1. The van der Waals surface area contributed by atoms with Crippen molar-refractivity contribution < 1.29 is 23.1 Å². The molecule has 23 heavy (non-hydrogen) atoms. The molecule has 3 rings (SSSR count). The number of hydrogen-bond acceptors (Lipinski definition) is 5. The second-order valence-electron chi connectivity index (χ2n) is 4.62. The molecule has 1 aromatic heterocycles. The van der Waals surface area contributed by atoms with Crippen molar-refractivity contribution in [3.63, 3.8) is 0 Å². The van der Waals surface area contributed by atoms with E-state index in [-0.39, 0.29) is 17.3 Å². The zero-order valence-corrected chi connectivity index (χ0v) is 11.6. The predicted molar refractivity (Wildman–Crippen MR) is 75.0 cm³/mol. The normalized spacial score (nSPS) is 15.6. The summed E-state index contributed by atoms with van der Waals surface area (Å²) in [5, 5.41) is 2.40. The van der Waals surface area contributed by atoms with Crippen molar-refractivity contribution in [2.75, 3.05) is 16.8 Å². The maximum absolute atomic E-state index is 13.6. The average Bonchev–Trinajstić information content (AvgIpc) is 2.52. The number of alkyl halides is 2. The van der Waals surface area contributed by atoms with Crippen LogP contribution in [0.5, 0.6) is 5.75 Å². The molecule has 0 atom stereocenters. The average molecular weight is 320 g/mol. The number of ether oxygens (including phenoxy) is 1. The number of aromatic nitrogens is 2. The van der Waals surface area contributed by atoms with E-state index in [1.807, 2.05) is 0 Å². The zero-order chi connectivity index (χ0) is 16.4. The van der Waals surface area contributed by atoms with Gasteiger partial charge in [-0.25, -0.2) is 9.97 Å². The molecule has 2 heterocycles. The van der Waals surface area contributed by atoms with Crippen molar-refractivity contribution in [3.05, 3.63) is 42.9 Å². The molecule has 9 heteroatoms. The second-order valence-corrected chi connectivity index (χ2v) is 4.62. The van der Waals surface area contributed by atoms with Crippen molar-refractivity contribution in [1.82, 2.24) is 9.97 Å². The molecular formula is C14H10F2N4O3. The van der Waals surface area contributed by atoms with E-state index in [4.69, 9.17) is 0 Å². The third-order valence-corrected chi connectivity index (χ3v) is 3.04. The molecular weight excluding hydrogens is 310 g/mol. The topological polar surface area (TPSA) is 84.4 Å². The third kappa shape index (κ3) is 2.93. The molecule has 0 spiro atoms. The fourth-order valence-electron chi connectivity index (χ4n) is 2.06. The molecule has 1 N–H and O–H groups in total. The molecule has 0 radical (unpaired) electrons. The summed E-state index contributed by atoms with van der Waals surface area (Å²) in [5.41, 5.74) is 0.0984. The van der Waals surface area contributed by atoms with Crippen LogP contribution >= 0.6 is 0 Å². The maximum atomic E-state index is 13.6. The highest BCUT2D eigenvalue weighted by atomic mass is 19.3. The van der Waals surface area contributed by atoms with E-state index >= 15 is 0 Å². The first-order valence-electron chi connectivity index (χ1n) is 6.51. The van der Waals surface area contributed by atoms with E-state index in [9.17, 15) is 18.4 Å². The molecule has 0 saturated carbocycles. The molecule has 1 aromatic carbocycles. The lowest BCUT2D eigenvalue weighted by Gasteiger charge is -2.32. The fourth-order valence-corrected chi connectivity index (χ4v) is 2.06. The van der Waals surface area contributed by atoms with Crippen LogP contribution in [0.4, 0.5) is 20.3 Å². The van der Waals surface area contributed by atoms with Crippen LogP contribution in [0.1, 0.15) is 0 Å². The van der Waals surface area contributed by atoms with Gasteiger partial charge in [0.25, 0.3) is 0 Å². The van der Waals surface area contributed by atoms with E-state index in [0.29, 0.717) is 4.90 Å². The Hall–Kier alpha value is -3.10. The number of carbonyl (C=O) groups is 2. The molecule has 1 aliphatic heterocycles. The number of fused-ring (bicyclic) bond motifs is 1. The first kappa shape index (κ1) is 14.8. The quantitative estimate of drug-likeness (QED) is 0.925. The van der Waals surface area contributed by atoms with Crippen molar-refractivity contribution in [2.24, 2.45) is 0 Å². The Balaban J connectivity index is 1.83. The largest absolute Gasteiger partial charge is 0.482 e. The van der Waals surface area contributed by atoms with Crippen molar-refractivity contribution in [2.45, 2.75) is 6.11 Å². The zero-order valence-electron chi connectivity index (χ0n) is 11.6. The molecule has 118 valence electrons. The highest BCUT2D eigenvalue weighted by Crippen LogP contribution is 2.38. The van der Waals surface area contributed by atoms with Crippen molar-refractivity contribution in [1.29, 1.82) is 0 Å². The van der Waals surface area contributed by atoms with Gasteiger partial charge in [0, 0.05) is 6.20 Å². The van der Waals surface area contributed by atoms with Gasteiger partial charge in [-0.1, -0.05) is 12.1 Å². The van der Waals surface area contributed by atoms with Crippen LogP contribution in [0.15, 0.2) is 42.9 Å². The van der Waals surface area contributed by atoms with Crippen LogP contribution in [0.3, 0.4) is 0 Å². The Kier molecular flexibility index (Phi) is 3.61. The number of rotatable bonds is 3. The summed E-state index contributed by atoms with van der Waals surface area (Å²) in [7, 11) is 0. The first-order valence-corrected chi connectivity index (χ1v) is 6.51. The SMILES string of the molecule is O=C(CN1C(=O)C(F)(F)Oc2ccccc21)Nc1ccncn1. The van der Waals surface area contributed by atoms with Gasteiger partial charge in [0.1, 0.15) is 18.7 Å². The molecule has 0 saturated heterocycles. The van der Waals surface area contributed by atoms with Crippen LogP contribution in [-0.4, -0.2) is 34.4 Å². The molecule has 0 aliphatic carbocycles. The van der Waals surface area contributed by atoms with Gasteiger partial charge in [0.2, 0.25) is 5.91 Å². The Labute approximate surface area is 128 Å². The summed E-state index contributed by atoms with van der Waals surface area (Å²) in [6, 6.07) is 7.19. The minimum atomic E-state index is -4.02. The van der Waals surface area contributed by atoms with Crippen LogP contribution in [0.25, 0.3) is 0 Å². The van der Waals surface area contributed by atoms with Gasteiger partial charge in [-0.05, 0) is 18.2 Å². The molecule has 0 unspecified atom stereocenters. The number of amides is 2. The van der Waals surface area contributed by atoms with Crippen LogP contribution in [0.2, 0.25) is 0 Å². The lowest BCUT2D eigenvalue weighted by molar-refractivity contribution is -0.192. The van der Waals surface area contributed by atoms with E-state index in [1.165, 1.54) is 36.8 Å². The predicted octanol–water partition coefficient (Wildman–Crippen LogP) is 1.43. The van der Waals surface area contributed by atoms with E-state index in [1.54, 1.807) is 6.07 Å². The summed E-state index contributed by atoms with van der Waals surface area (Å²) in [4.78, 5) is 32.0. The van der Waals surface area contributed by atoms with Crippen molar-refractivity contribution >= 4 is 23.3 Å². The summed E-state index contributed by atoms with van der Waals surface area (Å²) in [6.07, 6.45) is -1.39. The Morgan fingerprint density at radius 2 is 2.09 bits per heavy atom. The van der Waals surface area contributed by atoms with Crippen LogP contribution < -0.4 is 15.0 Å². The van der Waals surface area contributed by atoms with Gasteiger partial charge in [-0.15, -0.1) is 0 Å². The third-order valence-electron chi connectivity index (χ3n) is 3.04. The number of carbonyl (C=O) groups excluding carboxylic acids is 2. The van der Waals surface area contributed by atoms with Gasteiger partial charge >= 0.3 is 12.0 Å². The minimum Gasteiger partial charge on any atom is -0.423 e. The Morgan fingerprint density at radius 3 is 2.83 bits per heavy atom. The van der Waals surface area contributed by atoms with Gasteiger partial charge in [-0.3, -0.25) is 14.5 Å². The molecule has 7 nitrogen and oxygen atoms in total. The van der Waals surface area contributed by atoms with Gasteiger partial charge in [0.15, 0.2) is 5.75 Å². The highest BCUT2D eigenvalue weighted by molar-refractivity contribution is 6.06. The number of para-hydroxylation sites is 2. The van der Waals surface area contributed by atoms with E-state index in [2.05, 4.69) is 20.0 Å². The smallest absolute Gasteiger partial charge is 0.423 e. The number of nitrogens with one attached hydrogen (secondary N) is 1. The Morgan fingerprint density at radius 1 is 1.30 bits per heavy atom. The summed E-state index contributed by atoms with van der Waals surface area (Å²) in [5.74, 6) is -2.25. The van der Waals surface area contributed by atoms with E-state index in [0.717, 1.165) is 0 Å². The maximum Gasteiger partial charge on any atom is 0.482 e. The van der Waals surface area contributed by atoms with E-state index < -0.39 is 24.5 Å². The number of halogens is 2. The van der Waals surface area contributed by atoms with Crippen molar-refractivity contribution in [3.8, 4) is 5.75 Å².